The molecule has 0 atom stereocenters. The number of aryl methyl sites for hydroxylation is 3. The summed E-state index contributed by atoms with van der Waals surface area (Å²) in [5.41, 5.74) is 15.7. The number of benzene rings is 3. The molecule has 0 saturated carbocycles. The number of fused-ring (bicyclic) bond motifs is 1. The molecule has 1 saturated heterocycles. The number of hydrogen-bond donors (Lipinski definition) is 4. The molecule has 0 unspecified atom stereocenters. The lowest BCUT2D eigenvalue weighted by Gasteiger charge is -2.23. The molecule has 0 spiro atoms. The van der Waals surface area contributed by atoms with Gasteiger partial charge in [0.15, 0.2) is 0 Å². The van der Waals surface area contributed by atoms with E-state index in [4.69, 9.17) is 4.99 Å². The van der Waals surface area contributed by atoms with Gasteiger partial charge in [0.25, 0.3) is 5.91 Å². The summed E-state index contributed by atoms with van der Waals surface area (Å²) in [6.45, 7) is 10.2. The van der Waals surface area contributed by atoms with Gasteiger partial charge in [0.2, 0.25) is 5.96 Å². The zero-order valence-corrected chi connectivity index (χ0v) is 21.2. The van der Waals surface area contributed by atoms with Crippen molar-refractivity contribution in [3.8, 4) is 11.1 Å². The Morgan fingerprint density at radius 2 is 1.69 bits per heavy atom. The lowest BCUT2D eigenvalue weighted by atomic mass is 9.93. The van der Waals surface area contributed by atoms with E-state index >= 15 is 0 Å². The molecule has 4 N–H and O–H groups in total. The van der Waals surface area contributed by atoms with Crippen molar-refractivity contribution in [3.63, 3.8) is 0 Å². The first kappa shape index (κ1) is 23.9. The summed E-state index contributed by atoms with van der Waals surface area (Å²) in [5.74, 6) is 0.520. The zero-order chi connectivity index (χ0) is 25.1. The molecule has 5 rings (SSSR count). The summed E-state index contributed by atoms with van der Waals surface area (Å²) in [6.07, 6.45) is 2.51. The first-order chi connectivity index (χ1) is 17.5. The number of rotatable bonds is 6. The van der Waals surface area contributed by atoms with Crippen LogP contribution in [-0.2, 0) is 0 Å². The maximum Gasteiger partial charge on any atom is 0.251 e. The van der Waals surface area contributed by atoms with Crippen LogP contribution < -0.4 is 21.5 Å². The van der Waals surface area contributed by atoms with E-state index in [9.17, 15) is 4.79 Å². The smallest absolute Gasteiger partial charge is 0.251 e. The standard InChI is InChI=1S/C29H34N6O/c1-19-8-6-9-20(2)26(19)23-16-21(3)27-25(18-23)33-34-29(32-27)31-24-11-7-10-22(17-24)28(36)30-12-15-35-13-4-5-14-35/h6-11,16-18,33H,4-5,12-15H2,1-3H3,(H,30,36)(H2,31,32,34). The SMILES string of the molecule is Cc1cc(-c2c(C)cccc2C)cc2c1N=C(Nc1cccc(C(=O)NCCN3CCCC3)c1)NN2. The Bertz CT molecular complexity index is 1290. The van der Waals surface area contributed by atoms with Crippen LogP contribution in [0, 0.1) is 20.8 Å². The van der Waals surface area contributed by atoms with Crippen LogP contribution in [0.25, 0.3) is 11.1 Å². The minimum atomic E-state index is -0.0604. The highest BCUT2D eigenvalue weighted by molar-refractivity contribution is 6.01. The van der Waals surface area contributed by atoms with Gasteiger partial charge >= 0.3 is 0 Å². The Hall–Kier alpha value is -3.84. The van der Waals surface area contributed by atoms with E-state index in [1.54, 1.807) is 0 Å². The van der Waals surface area contributed by atoms with E-state index in [0.29, 0.717) is 18.1 Å². The number of guanidine groups is 1. The second-order valence-electron chi connectivity index (χ2n) is 9.68. The van der Waals surface area contributed by atoms with Crippen molar-refractivity contribution in [2.45, 2.75) is 33.6 Å². The molecular formula is C29H34N6O. The van der Waals surface area contributed by atoms with Crippen LogP contribution in [-0.4, -0.2) is 42.9 Å². The van der Waals surface area contributed by atoms with Crippen molar-refractivity contribution in [2.24, 2.45) is 4.99 Å². The van der Waals surface area contributed by atoms with Gasteiger partial charge < -0.3 is 15.5 Å². The highest BCUT2D eigenvalue weighted by Crippen LogP contribution is 2.37. The van der Waals surface area contributed by atoms with Gasteiger partial charge in [0, 0.05) is 24.3 Å². The van der Waals surface area contributed by atoms with Crippen molar-refractivity contribution in [3.05, 3.63) is 76.9 Å². The van der Waals surface area contributed by atoms with Crippen molar-refractivity contribution in [2.75, 3.05) is 36.9 Å². The van der Waals surface area contributed by atoms with E-state index in [2.05, 4.69) is 77.5 Å². The molecular weight excluding hydrogens is 448 g/mol. The van der Waals surface area contributed by atoms with Crippen LogP contribution in [0.1, 0.15) is 39.9 Å². The van der Waals surface area contributed by atoms with Crippen molar-refractivity contribution in [1.82, 2.24) is 15.6 Å². The molecule has 7 heteroatoms. The molecule has 0 radical (unpaired) electrons. The lowest BCUT2D eigenvalue weighted by molar-refractivity contribution is 0.0950. The number of carbonyl (C=O) groups is 1. The first-order valence-corrected chi connectivity index (χ1v) is 12.7. The van der Waals surface area contributed by atoms with E-state index in [-0.39, 0.29) is 5.91 Å². The van der Waals surface area contributed by atoms with E-state index in [1.807, 2.05) is 24.3 Å². The van der Waals surface area contributed by atoms with Crippen LogP contribution in [0.2, 0.25) is 0 Å². The molecule has 1 amide bonds. The van der Waals surface area contributed by atoms with Gasteiger partial charge in [-0.2, -0.15) is 0 Å². The number of nitrogens with one attached hydrogen (secondary N) is 4. The van der Waals surface area contributed by atoms with E-state index < -0.39 is 0 Å². The Labute approximate surface area is 213 Å². The number of hydrogen-bond acceptors (Lipinski definition) is 6. The highest BCUT2D eigenvalue weighted by Gasteiger charge is 2.17. The summed E-state index contributed by atoms with van der Waals surface area (Å²) in [7, 11) is 0. The topological polar surface area (TPSA) is 80.8 Å². The molecule has 3 aromatic carbocycles. The fourth-order valence-corrected chi connectivity index (χ4v) is 5.07. The fraction of sp³-hybridized carbons (Fsp3) is 0.310. The molecule has 36 heavy (non-hydrogen) atoms. The summed E-state index contributed by atoms with van der Waals surface area (Å²) >= 11 is 0. The van der Waals surface area contributed by atoms with Crippen molar-refractivity contribution >= 4 is 28.9 Å². The normalized spacial score (nSPS) is 14.9. The van der Waals surface area contributed by atoms with Crippen LogP contribution >= 0.6 is 0 Å². The molecule has 2 heterocycles. The molecule has 0 aromatic heterocycles. The number of likely N-dealkylation sites (tertiary alicyclic amines) is 1. The minimum Gasteiger partial charge on any atom is -0.351 e. The van der Waals surface area contributed by atoms with Gasteiger partial charge in [-0.3, -0.25) is 15.6 Å². The largest absolute Gasteiger partial charge is 0.351 e. The quantitative estimate of drug-likeness (QED) is 0.392. The average molecular weight is 483 g/mol. The van der Waals surface area contributed by atoms with Crippen LogP contribution in [0.5, 0.6) is 0 Å². The van der Waals surface area contributed by atoms with Crippen molar-refractivity contribution < 1.29 is 4.79 Å². The lowest BCUT2D eigenvalue weighted by Crippen LogP contribution is -2.37. The molecule has 3 aromatic rings. The average Bonchev–Trinajstić information content (AvgIpc) is 3.38. The second-order valence-corrected chi connectivity index (χ2v) is 9.68. The summed E-state index contributed by atoms with van der Waals surface area (Å²) in [5, 5.41) is 6.33. The molecule has 0 bridgehead atoms. The van der Waals surface area contributed by atoms with Gasteiger partial charge in [-0.05, 0) is 105 Å². The Morgan fingerprint density at radius 1 is 0.944 bits per heavy atom. The van der Waals surface area contributed by atoms with Crippen molar-refractivity contribution in [1.29, 1.82) is 0 Å². The third kappa shape index (κ3) is 5.21. The number of carbonyl (C=O) groups excluding carboxylic acids is 1. The molecule has 2 aliphatic rings. The van der Waals surface area contributed by atoms with Crippen LogP contribution in [0.4, 0.5) is 17.1 Å². The van der Waals surface area contributed by atoms with E-state index in [1.165, 1.54) is 35.1 Å². The summed E-state index contributed by atoms with van der Waals surface area (Å²) in [6, 6.07) is 18.2. The van der Waals surface area contributed by atoms with Crippen LogP contribution in [0.15, 0.2) is 59.6 Å². The highest BCUT2D eigenvalue weighted by atomic mass is 16.1. The minimum absolute atomic E-state index is 0.0604. The fourth-order valence-electron chi connectivity index (χ4n) is 5.07. The summed E-state index contributed by atoms with van der Waals surface area (Å²) < 4.78 is 0. The predicted octanol–water partition coefficient (Wildman–Crippen LogP) is 5.13. The third-order valence-electron chi connectivity index (χ3n) is 6.91. The number of amides is 1. The Morgan fingerprint density at radius 3 is 2.47 bits per heavy atom. The maximum absolute atomic E-state index is 12.7. The number of anilines is 2. The number of nitrogens with zero attached hydrogens (tertiary/aromatic N) is 2. The van der Waals surface area contributed by atoms with Gasteiger partial charge in [-0.15, -0.1) is 0 Å². The third-order valence-corrected chi connectivity index (χ3v) is 6.91. The van der Waals surface area contributed by atoms with Gasteiger partial charge in [0.05, 0.1) is 11.4 Å². The summed E-state index contributed by atoms with van der Waals surface area (Å²) in [4.78, 5) is 19.9. The van der Waals surface area contributed by atoms with Gasteiger partial charge in [0.1, 0.15) is 0 Å². The first-order valence-electron chi connectivity index (χ1n) is 12.7. The predicted molar refractivity (Wildman–Crippen MR) is 148 cm³/mol. The van der Waals surface area contributed by atoms with Gasteiger partial charge in [-0.25, -0.2) is 4.99 Å². The Kier molecular flexibility index (Phi) is 6.91. The van der Waals surface area contributed by atoms with E-state index in [0.717, 1.165) is 42.3 Å². The van der Waals surface area contributed by atoms with Gasteiger partial charge in [-0.1, -0.05) is 24.3 Å². The second kappa shape index (κ2) is 10.4. The molecule has 186 valence electrons. The number of hydrazine groups is 1. The Balaban J connectivity index is 1.29. The molecule has 0 aliphatic carbocycles. The molecule has 7 nitrogen and oxygen atoms in total. The molecule has 2 aliphatic heterocycles. The number of aliphatic imine (C=N–C) groups is 1. The van der Waals surface area contributed by atoms with Crippen LogP contribution in [0.3, 0.4) is 0 Å². The maximum atomic E-state index is 12.7. The zero-order valence-electron chi connectivity index (χ0n) is 21.2. The molecule has 1 fully saturated rings. The monoisotopic (exact) mass is 482 g/mol.